The van der Waals surface area contributed by atoms with E-state index in [1.165, 1.54) is 6.20 Å². The second-order valence-electron chi connectivity index (χ2n) is 4.12. The summed E-state index contributed by atoms with van der Waals surface area (Å²) in [6, 6.07) is 9.09. The Kier molecular flexibility index (Phi) is 4.05. The van der Waals surface area contributed by atoms with Crippen molar-refractivity contribution >= 4 is 11.9 Å². The van der Waals surface area contributed by atoms with Gasteiger partial charge in [0.05, 0.1) is 17.7 Å². The Morgan fingerprint density at radius 3 is 2.40 bits per heavy atom. The zero-order chi connectivity index (χ0) is 14.5. The average molecular weight is 272 g/mol. The van der Waals surface area contributed by atoms with Crippen LogP contribution < -0.4 is 0 Å². The number of benzene rings is 1. The minimum atomic E-state index is -1.16. The molecule has 0 aliphatic rings. The van der Waals surface area contributed by atoms with Gasteiger partial charge in [-0.3, -0.25) is 4.79 Å². The van der Waals surface area contributed by atoms with Gasteiger partial charge >= 0.3 is 11.9 Å². The van der Waals surface area contributed by atoms with E-state index >= 15 is 0 Å². The highest BCUT2D eigenvalue weighted by molar-refractivity contribution is 5.88. The molecule has 0 amide bonds. The second-order valence-corrected chi connectivity index (χ2v) is 4.12. The first-order chi connectivity index (χ1) is 9.58. The number of carboxylic acid groups (broad SMARTS) is 2. The molecule has 1 heterocycles. The van der Waals surface area contributed by atoms with E-state index in [1.807, 2.05) is 18.2 Å². The molecule has 0 radical (unpaired) electrons. The molecule has 0 aliphatic carbocycles. The first kappa shape index (κ1) is 13.7. The highest BCUT2D eigenvalue weighted by Crippen LogP contribution is 2.17. The number of aryl methyl sites for hydroxylation is 1. The van der Waals surface area contributed by atoms with Crippen LogP contribution in [-0.2, 0) is 11.2 Å². The van der Waals surface area contributed by atoms with E-state index in [9.17, 15) is 9.59 Å². The molecule has 1 aromatic heterocycles. The minimum absolute atomic E-state index is 0.0549. The Balaban J connectivity index is 2.40. The molecule has 2 N–H and O–H groups in total. The molecule has 1 aromatic carbocycles. The normalized spacial score (nSPS) is 10.2. The first-order valence-corrected chi connectivity index (χ1v) is 5.94. The quantitative estimate of drug-likeness (QED) is 0.861. The van der Waals surface area contributed by atoms with Gasteiger partial charge in [-0.2, -0.15) is 0 Å². The maximum absolute atomic E-state index is 11.1. The maximum atomic E-state index is 11.1. The Hall–Kier alpha value is -2.76. The van der Waals surface area contributed by atoms with Crippen LogP contribution in [0, 0.1) is 0 Å². The molecule has 2 aromatic rings. The highest BCUT2D eigenvalue weighted by atomic mass is 16.4. The van der Waals surface area contributed by atoms with Crippen molar-refractivity contribution in [2.75, 3.05) is 0 Å². The third-order valence-electron chi connectivity index (χ3n) is 2.71. The molecule has 0 spiro atoms. The molecular formula is C14H12N2O4. The van der Waals surface area contributed by atoms with E-state index in [4.69, 9.17) is 10.2 Å². The Bertz CT molecular complexity index is 641. The van der Waals surface area contributed by atoms with Gasteiger partial charge in [0.25, 0.3) is 0 Å². The summed E-state index contributed by atoms with van der Waals surface area (Å²) in [5.74, 6) is -1.78. The van der Waals surface area contributed by atoms with Crippen LogP contribution in [0.25, 0.3) is 11.4 Å². The van der Waals surface area contributed by atoms with Crippen molar-refractivity contribution in [1.29, 1.82) is 0 Å². The monoisotopic (exact) mass is 272 g/mol. The van der Waals surface area contributed by atoms with E-state index in [-0.39, 0.29) is 24.1 Å². The van der Waals surface area contributed by atoms with Gasteiger partial charge in [0, 0.05) is 18.2 Å². The summed E-state index contributed by atoms with van der Waals surface area (Å²) in [5.41, 5.74) is 0.917. The Morgan fingerprint density at radius 2 is 1.80 bits per heavy atom. The molecule has 0 atom stereocenters. The molecule has 0 unspecified atom stereocenters. The van der Waals surface area contributed by atoms with E-state index < -0.39 is 11.9 Å². The van der Waals surface area contributed by atoms with Crippen LogP contribution in [0.3, 0.4) is 0 Å². The van der Waals surface area contributed by atoms with Crippen molar-refractivity contribution in [2.24, 2.45) is 0 Å². The number of aliphatic carboxylic acids is 1. The van der Waals surface area contributed by atoms with Crippen LogP contribution in [0.4, 0.5) is 0 Å². The van der Waals surface area contributed by atoms with Crippen LogP contribution in [0.1, 0.15) is 22.5 Å². The van der Waals surface area contributed by atoms with Gasteiger partial charge in [-0.25, -0.2) is 14.8 Å². The van der Waals surface area contributed by atoms with Crippen molar-refractivity contribution in [3.05, 3.63) is 47.8 Å². The predicted molar refractivity (Wildman–Crippen MR) is 70.4 cm³/mol. The van der Waals surface area contributed by atoms with Crippen molar-refractivity contribution in [2.45, 2.75) is 12.8 Å². The van der Waals surface area contributed by atoms with Crippen LogP contribution >= 0.6 is 0 Å². The van der Waals surface area contributed by atoms with Gasteiger partial charge in [0.1, 0.15) is 0 Å². The van der Waals surface area contributed by atoms with E-state index in [2.05, 4.69) is 9.97 Å². The van der Waals surface area contributed by atoms with Crippen LogP contribution in [-0.4, -0.2) is 32.1 Å². The number of nitrogens with zero attached hydrogens (tertiary/aromatic N) is 2. The molecule has 20 heavy (non-hydrogen) atoms. The molecule has 0 saturated heterocycles. The molecule has 0 aliphatic heterocycles. The number of carbonyl (C=O) groups is 2. The standard InChI is InChI=1S/C14H12N2O4/c17-12(18)7-6-11-10(14(19)20)8-15-13(16-11)9-4-2-1-3-5-9/h1-5,8H,6-7H2,(H,17,18)(H,19,20). The van der Waals surface area contributed by atoms with Gasteiger partial charge < -0.3 is 10.2 Å². The number of carboxylic acids is 2. The SMILES string of the molecule is O=C(O)CCc1nc(-c2ccccc2)ncc1C(=O)O. The summed E-state index contributed by atoms with van der Waals surface area (Å²) < 4.78 is 0. The Morgan fingerprint density at radius 1 is 1.10 bits per heavy atom. The largest absolute Gasteiger partial charge is 0.481 e. The maximum Gasteiger partial charge on any atom is 0.339 e. The van der Waals surface area contributed by atoms with Gasteiger partial charge in [-0.15, -0.1) is 0 Å². The lowest BCUT2D eigenvalue weighted by atomic mass is 10.1. The number of hydrogen-bond acceptors (Lipinski definition) is 4. The molecule has 0 bridgehead atoms. The highest BCUT2D eigenvalue weighted by Gasteiger charge is 2.15. The molecule has 6 nitrogen and oxygen atoms in total. The summed E-state index contributed by atoms with van der Waals surface area (Å²) in [5, 5.41) is 17.8. The van der Waals surface area contributed by atoms with E-state index in [0.29, 0.717) is 5.82 Å². The molecule has 2 rings (SSSR count). The van der Waals surface area contributed by atoms with E-state index in [1.54, 1.807) is 12.1 Å². The fourth-order valence-corrected chi connectivity index (χ4v) is 1.74. The van der Waals surface area contributed by atoms with Crippen LogP contribution in [0.15, 0.2) is 36.5 Å². The lowest BCUT2D eigenvalue weighted by Gasteiger charge is -2.06. The summed E-state index contributed by atoms with van der Waals surface area (Å²) in [4.78, 5) is 29.9. The van der Waals surface area contributed by atoms with E-state index in [0.717, 1.165) is 5.56 Å². The number of aromatic carboxylic acids is 1. The summed E-state index contributed by atoms with van der Waals surface area (Å²) >= 11 is 0. The summed E-state index contributed by atoms with van der Waals surface area (Å²) in [6.07, 6.45) is 1.10. The van der Waals surface area contributed by atoms with Crippen LogP contribution in [0.5, 0.6) is 0 Å². The smallest absolute Gasteiger partial charge is 0.339 e. The molecule has 0 saturated carbocycles. The van der Waals surface area contributed by atoms with Crippen molar-refractivity contribution < 1.29 is 19.8 Å². The number of aromatic nitrogens is 2. The fraction of sp³-hybridized carbons (Fsp3) is 0.143. The lowest BCUT2D eigenvalue weighted by Crippen LogP contribution is -2.09. The van der Waals surface area contributed by atoms with Gasteiger partial charge in [0.2, 0.25) is 0 Å². The van der Waals surface area contributed by atoms with Gasteiger partial charge in [-0.05, 0) is 0 Å². The van der Waals surface area contributed by atoms with Crippen LogP contribution in [0.2, 0.25) is 0 Å². The van der Waals surface area contributed by atoms with Crippen molar-refractivity contribution in [3.8, 4) is 11.4 Å². The first-order valence-electron chi connectivity index (χ1n) is 5.94. The van der Waals surface area contributed by atoms with Gasteiger partial charge in [-0.1, -0.05) is 30.3 Å². The summed E-state index contributed by atoms with van der Waals surface area (Å²) in [7, 11) is 0. The van der Waals surface area contributed by atoms with Crippen molar-refractivity contribution in [1.82, 2.24) is 9.97 Å². The number of rotatable bonds is 5. The summed E-state index contributed by atoms with van der Waals surface area (Å²) in [6.45, 7) is 0. The second kappa shape index (κ2) is 5.92. The molecular weight excluding hydrogens is 260 g/mol. The number of hydrogen-bond donors (Lipinski definition) is 2. The zero-order valence-corrected chi connectivity index (χ0v) is 10.5. The minimum Gasteiger partial charge on any atom is -0.481 e. The molecule has 0 fully saturated rings. The molecule has 6 heteroatoms. The third-order valence-corrected chi connectivity index (χ3v) is 2.71. The fourth-order valence-electron chi connectivity index (χ4n) is 1.74. The molecule has 102 valence electrons. The Labute approximate surface area is 114 Å². The third kappa shape index (κ3) is 3.17. The average Bonchev–Trinajstić information content (AvgIpc) is 2.45. The lowest BCUT2D eigenvalue weighted by molar-refractivity contribution is -0.137. The van der Waals surface area contributed by atoms with Gasteiger partial charge in [0.15, 0.2) is 5.82 Å². The predicted octanol–water partition coefficient (Wildman–Crippen LogP) is 1.86. The van der Waals surface area contributed by atoms with Crippen molar-refractivity contribution in [3.63, 3.8) is 0 Å². The zero-order valence-electron chi connectivity index (χ0n) is 10.5. The topological polar surface area (TPSA) is 100 Å².